The summed E-state index contributed by atoms with van der Waals surface area (Å²) >= 11 is 6.46. The molecule has 0 spiro atoms. The van der Waals surface area contributed by atoms with Crippen LogP contribution in [0.2, 0.25) is 0 Å². The van der Waals surface area contributed by atoms with Crippen molar-refractivity contribution in [2.45, 2.75) is 18.8 Å². The van der Waals surface area contributed by atoms with E-state index in [9.17, 15) is 10.1 Å². The van der Waals surface area contributed by atoms with Crippen LogP contribution < -0.4 is 0 Å². The highest BCUT2D eigenvalue weighted by atomic mass is 35.5. The summed E-state index contributed by atoms with van der Waals surface area (Å²) in [5.41, 5.74) is 2.09. The molecule has 0 amide bonds. The van der Waals surface area contributed by atoms with E-state index in [0.29, 0.717) is 6.54 Å². The third kappa shape index (κ3) is 4.55. The van der Waals surface area contributed by atoms with Gasteiger partial charge in [0.2, 0.25) is 0 Å². The summed E-state index contributed by atoms with van der Waals surface area (Å²) in [5, 5.41) is 10.6. The lowest BCUT2D eigenvalue weighted by atomic mass is 10.1. The van der Waals surface area contributed by atoms with Crippen molar-refractivity contribution in [3.63, 3.8) is 0 Å². The van der Waals surface area contributed by atoms with E-state index in [0.717, 1.165) is 18.7 Å². The molecule has 2 aromatic carbocycles. The summed E-state index contributed by atoms with van der Waals surface area (Å²) in [5.74, 6) is 0. The van der Waals surface area contributed by atoms with Gasteiger partial charge >= 0.3 is 0 Å². The van der Waals surface area contributed by atoms with E-state index < -0.39 is 4.92 Å². The number of nitro groups is 1. The first-order chi connectivity index (χ1) is 10.6. The molecule has 0 saturated heterocycles. The van der Waals surface area contributed by atoms with Gasteiger partial charge in [0, 0.05) is 25.2 Å². The van der Waals surface area contributed by atoms with Gasteiger partial charge in [-0.2, -0.15) is 0 Å². The Labute approximate surface area is 135 Å². The second-order valence-corrected chi connectivity index (χ2v) is 5.66. The molecule has 0 N–H and O–H groups in total. The molecule has 22 heavy (non-hydrogen) atoms. The molecule has 4 nitrogen and oxygen atoms in total. The predicted octanol–water partition coefficient (Wildman–Crippen LogP) is 4.40. The van der Waals surface area contributed by atoms with Crippen LogP contribution in [-0.2, 0) is 6.54 Å². The molecule has 0 aromatic heterocycles. The van der Waals surface area contributed by atoms with Crippen LogP contribution >= 0.6 is 11.6 Å². The first-order valence-electron chi connectivity index (χ1n) is 7.25. The fourth-order valence-electron chi connectivity index (χ4n) is 2.31. The Morgan fingerprint density at radius 1 is 1.18 bits per heavy atom. The fourth-order valence-corrected chi connectivity index (χ4v) is 2.64. The monoisotopic (exact) mass is 318 g/mol. The highest BCUT2D eigenvalue weighted by Gasteiger charge is 2.15. The molecule has 0 aliphatic carbocycles. The van der Waals surface area contributed by atoms with E-state index in [1.807, 2.05) is 24.3 Å². The average Bonchev–Trinajstić information content (AvgIpc) is 2.55. The maximum absolute atomic E-state index is 10.8. The average molecular weight is 319 g/mol. The van der Waals surface area contributed by atoms with Crippen molar-refractivity contribution in [2.24, 2.45) is 0 Å². The number of rotatable bonds is 7. The molecule has 2 rings (SSSR count). The SMILES string of the molecule is CCN(Cc1ccccc1)CC(Cl)c1cccc([N+](=O)[O-])c1. The minimum absolute atomic E-state index is 0.0780. The lowest BCUT2D eigenvalue weighted by molar-refractivity contribution is -0.384. The van der Waals surface area contributed by atoms with Gasteiger partial charge in [0.1, 0.15) is 0 Å². The molecule has 0 heterocycles. The summed E-state index contributed by atoms with van der Waals surface area (Å²) in [4.78, 5) is 12.7. The minimum Gasteiger partial charge on any atom is -0.298 e. The van der Waals surface area contributed by atoms with Gasteiger partial charge in [-0.1, -0.05) is 49.4 Å². The maximum Gasteiger partial charge on any atom is 0.269 e. The Hall–Kier alpha value is -1.91. The zero-order valence-corrected chi connectivity index (χ0v) is 13.2. The highest BCUT2D eigenvalue weighted by Crippen LogP contribution is 2.25. The lowest BCUT2D eigenvalue weighted by Gasteiger charge is -2.23. The number of benzene rings is 2. The van der Waals surface area contributed by atoms with Crippen molar-refractivity contribution in [3.05, 3.63) is 75.8 Å². The van der Waals surface area contributed by atoms with Gasteiger partial charge in [-0.15, -0.1) is 11.6 Å². The summed E-state index contributed by atoms with van der Waals surface area (Å²) in [6, 6.07) is 16.7. The fraction of sp³-hybridized carbons (Fsp3) is 0.294. The Morgan fingerprint density at radius 2 is 1.91 bits per heavy atom. The van der Waals surface area contributed by atoms with Crippen molar-refractivity contribution in [1.29, 1.82) is 0 Å². The first kappa shape index (κ1) is 16.5. The predicted molar refractivity (Wildman–Crippen MR) is 89.1 cm³/mol. The summed E-state index contributed by atoms with van der Waals surface area (Å²) in [6.07, 6.45) is 0. The van der Waals surface area contributed by atoms with Crippen LogP contribution in [0.4, 0.5) is 5.69 Å². The molecular formula is C17H19ClN2O2. The van der Waals surface area contributed by atoms with E-state index in [2.05, 4.69) is 24.0 Å². The largest absolute Gasteiger partial charge is 0.298 e. The maximum atomic E-state index is 10.8. The van der Waals surface area contributed by atoms with E-state index in [-0.39, 0.29) is 11.1 Å². The molecule has 116 valence electrons. The van der Waals surface area contributed by atoms with Crippen molar-refractivity contribution in [2.75, 3.05) is 13.1 Å². The van der Waals surface area contributed by atoms with Crippen LogP contribution in [0.25, 0.3) is 0 Å². The van der Waals surface area contributed by atoms with Gasteiger partial charge in [-0.05, 0) is 17.7 Å². The zero-order valence-electron chi connectivity index (χ0n) is 12.5. The second-order valence-electron chi connectivity index (χ2n) is 5.13. The highest BCUT2D eigenvalue weighted by molar-refractivity contribution is 6.21. The number of halogens is 1. The van der Waals surface area contributed by atoms with Gasteiger partial charge in [0.05, 0.1) is 10.3 Å². The van der Waals surface area contributed by atoms with Gasteiger partial charge < -0.3 is 0 Å². The van der Waals surface area contributed by atoms with E-state index >= 15 is 0 Å². The molecule has 1 unspecified atom stereocenters. The number of hydrogen-bond acceptors (Lipinski definition) is 3. The van der Waals surface area contributed by atoms with Crippen LogP contribution in [0.5, 0.6) is 0 Å². The standard InChI is InChI=1S/C17H19ClN2O2/c1-2-19(12-14-7-4-3-5-8-14)13-17(18)15-9-6-10-16(11-15)20(21)22/h3-11,17H,2,12-13H2,1H3. The van der Waals surface area contributed by atoms with E-state index in [4.69, 9.17) is 11.6 Å². The van der Waals surface area contributed by atoms with Crippen LogP contribution in [0.3, 0.4) is 0 Å². The number of nitro benzene ring substituents is 1. The number of likely N-dealkylation sites (N-methyl/N-ethyl adjacent to an activating group) is 1. The summed E-state index contributed by atoms with van der Waals surface area (Å²) < 4.78 is 0. The third-order valence-corrected chi connectivity index (χ3v) is 3.95. The van der Waals surface area contributed by atoms with Crippen LogP contribution in [0, 0.1) is 10.1 Å². The third-order valence-electron chi connectivity index (χ3n) is 3.56. The minimum atomic E-state index is -0.394. The van der Waals surface area contributed by atoms with Crippen molar-refractivity contribution < 1.29 is 4.92 Å². The second kappa shape index (κ2) is 7.92. The molecule has 0 saturated carbocycles. The molecule has 0 radical (unpaired) electrons. The smallest absolute Gasteiger partial charge is 0.269 e. The normalized spacial score (nSPS) is 12.3. The Morgan fingerprint density at radius 3 is 2.55 bits per heavy atom. The number of nitrogens with zero attached hydrogens (tertiary/aromatic N) is 2. The van der Waals surface area contributed by atoms with E-state index in [1.54, 1.807) is 12.1 Å². The zero-order chi connectivity index (χ0) is 15.9. The van der Waals surface area contributed by atoms with Crippen molar-refractivity contribution in [1.82, 2.24) is 4.90 Å². The van der Waals surface area contributed by atoms with Crippen LogP contribution in [-0.4, -0.2) is 22.9 Å². The van der Waals surface area contributed by atoms with Crippen molar-refractivity contribution in [3.8, 4) is 0 Å². The quantitative estimate of drug-likeness (QED) is 0.432. The number of non-ortho nitro benzene ring substituents is 1. The Balaban J connectivity index is 2.04. The summed E-state index contributed by atoms with van der Waals surface area (Å²) in [6.45, 7) is 4.41. The number of hydrogen-bond donors (Lipinski definition) is 0. The summed E-state index contributed by atoms with van der Waals surface area (Å²) in [7, 11) is 0. The molecule has 2 aromatic rings. The topological polar surface area (TPSA) is 46.4 Å². The Kier molecular flexibility index (Phi) is 5.92. The van der Waals surface area contributed by atoms with Gasteiger partial charge in [0.25, 0.3) is 5.69 Å². The van der Waals surface area contributed by atoms with Crippen LogP contribution in [0.1, 0.15) is 23.4 Å². The van der Waals surface area contributed by atoms with Gasteiger partial charge in [-0.3, -0.25) is 15.0 Å². The lowest BCUT2D eigenvalue weighted by Crippen LogP contribution is -2.26. The molecule has 0 fully saturated rings. The van der Waals surface area contributed by atoms with Gasteiger partial charge in [-0.25, -0.2) is 0 Å². The molecule has 0 aliphatic heterocycles. The Bertz CT molecular complexity index is 619. The van der Waals surface area contributed by atoms with Gasteiger partial charge in [0.15, 0.2) is 0 Å². The van der Waals surface area contributed by atoms with Crippen LogP contribution in [0.15, 0.2) is 54.6 Å². The molecule has 5 heteroatoms. The molecular weight excluding hydrogens is 300 g/mol. The first-order valence-corrected chi connectivity index (χ1v) is 7.68. The molecule has 0 bridgehead atoms. The molecule has 1 atom stereocenters. The number of alkyl halides is 1. The van der Waals surface area contributed by atoms with Crippen molar-refractivity contribution >= 4 is 17.3 Å². The molecule has 0 aliphatic rings. The van der Waals surface area contributed by atoms with E-state index in [1.165, 1.54) is 11.6 Å².